The molecule has 15 heavy (non-hydrogen) atoms. The summed E-state index contributed by atoms with van der Waals surface area (Å²) in [4.78, 5) is 10.9. The van der Waals surface area contributed by atoms with Crippen molar-refractivity contribution in [2.24, 2.45) is 5.41 Å². The Kier molecular flexibility index (Phi) is 2.24. The number of aromatic nitrogens is 1. The molecule has 1 aromatic rings. The number of aromatic carboxylic acids is 1. The van der Waals surface area contributed by atoms with Gasteiger partial charge < -0.3 is 9.67 Å². The molecule has 0 unspecified atom stereocenters. The Balaban J connectivity index is 2.15. The van der Waals surface area contributed by atoms with E-state index in [2.05, 4.69) is 6.07 Å². The maximum atomic E-state index is 10.9. The van der Waals surface area contributed by atoms with Crippen LogP contribution in [0.2, 0.25) is 0 Å². The molecule has 0 saturated heterocycles. The van der Waals surface area contributed by atoms with E-state index in [0.29, 0.717) is 18.7 Å². The lowest BCUT2D eigenvalue weighted by molar-refractivity contribution is 0.0683. The number of rotatable bonds is 4. The summed E-state index contributed by atoms with van der Waals surface area (Å²) in [6, 6.07) is 5.49. The van der Waals surface area contributed by atoms with Gasteiger partial charge in [0.1, 0.15) is 5.69 Å². The molecule has 0 aliphatic heterocycles. The summed E-state index contributed by atoms with van der Waals surface area (Å²) in [6.07, 6.45) is 4.33. The minimum absolute atomic E-state index is 0.0397. The zero-order valence-corrected chi connectivity index (χ0v) is 8.31. The lowest BCUT2D eigenvalue weighted by atomic mass is 10.0. The number of nitrogens with zero attached hydrogens (tertiary/aromatic N) is 2. The van der Waals surface area contributed by atoms with Crippen molar-refractivity contribution in [3.8, 4) is 6.07 Å². The monoisotopic (exact) mass is 204 g/mol. The topological polar surface area (TPSA) is 66.0 Å². The van der Waals surface area contributed by atoms with E-state index < -0.39 is 5.97 Å². The molecule has 1 aliphatic carbocycles. The highest BCUT2D eigenvalue weighted by molar-refractivity contribution is 5.85. The Labute approximate surface area is 87.7 Å². The molecule has 1 aliphatic rings. The van der Waals surface area contributed by atoms with E-state index in [-0.39, 0.29) is 5.41 Å². The second-order valence-corrected chi connectivity index (χ2v) is 4.16. The van der Waals surface area contributed by atoms with Crippen molar-refractivity contribution < 1.29 is 9.90 Å². The largest absolute Gasteiger partial charge is 0.477 e. The first-order valence-corrected chi connectivity index (χ1v) is 4.92. The van der Waals surface area contributed by atoms with Gasteiger partial charge in [-0.2, -0.15) is 5.26 Å². The third kappa shape index (κ3) is 1.86. The average Bonchev–Trinajstić information content (AvgIpc) is 2.77. The Bertz CT molecular complexity index is 424. The van der Waals surface area contributed by atoms with Crippen LogP contribution in [-0.4, -0.2) is 15.6 Å². The van der Waals surface area contributed by atoms with Crippen LogP contribution in [0.1, 0.15) is 29.8 Å². The summed E-state index contributed by atoms with van der Waals surface area (Å²) >= 11 is 0. The minimum atomic E-state index is -0.909. The molecule has 0 atom stereocenters. The normalized spacial score (nSPS) is 17.0. The lowest BCUT2D eigenvalue weighted by Crippen LogP contribution is -2.15. The van der Waals surface area contributed by atoms with E-state index in [9.17, 15) is 4.79 Å². The fraction of sp³-hybridized carbons (Fsp3) is 0.455. The van der Waals surface area contributed by atoms with Gasteiger partial charge in [0.25, 0.3) is 0 Å². The quantitative estimate of drug-likeness (QED) is 0.814. The summed E-state index contributed by atoms with van der Waals surface area (Å²) in [5.74, 6) is -0.909. The molecule has 2 rings (SSSR count). The van der Waals surface area contributed by atoms with Crippen molar-refractivity contribution in [3.05, 3.63) is 24.0 Å². The van der Waals surface area contributed by atoms with Crippen LogP contribution in [0.3, 0.4) is 0 Å². The van der Waals surface area contributed by atoms with Gasteiger partial charge in [-0.1, -0.05) is 0 Å². The number of hydrogen-bond donors (Lipinski definition) is 1. The van der Waals surface area contributed by atoms with Crippen LogP contribution in [0.15, 0.2) is 18.3 Å². The van der Waals surface area contributed by atoms with Crippen molar-refractivity contribution >= 4 is 5.97 Å². The van der Waals surface area contributed by atoms with Gasteiger partial charge in [-0.25, -0.2) is 4.79 Å². The fourth-order valence-corrected chi connectivity index (χ4v) is 1.84. The smallest absolute Gasteiger partial charge is 0.352 e. The average molecular weight is 204 g/mol. The third-order valence-electron chi connectivity index (χ3n) is 2.97. The second kappa shape index (κ2) is 3.43. The van der Waals surface area contributed by atoms with Crippen LogP contribution in [0.4, 0.5) is 0 Å². The van der Waals surface area contributed by atoms with Gasteiger partial charge in [0.05, 0.1) is 6.07 Å². The molecule has 4 heteroatoms. The van der Waals surface area contributed by atoms with Crippen LogP contribution in [-0.2, 0) is 6.54 Å². The summed E-state index contributed by atoms with van der Waals surface area (Å²) in [5.41, 5.74) is 0.344. The molecule has 1 heterocycles. The van der Waals surface area contributed by atoms with Gasteiger partial charge in [0.15, 0.2) is 0 Å². The molecule has 1 fully saturated rings. The lowest BCUT2D eigenvalue weighted by Gasteiger charge is -2.13. The van der Waals surface area contributed by atoms with E-state index in [4.69, 9.17) is 10.4 Å². The van der Waals surface area contributed by atoms with E-state index in [1.54, 1.807) is 22.9 Å². The van der Waals surface area contributed by atoms with E-state index in [1.165, 1.54) is 0 Å². The summed E-state index contributed by atoms with van der Waals surface area (Å²) in [7, 11) is 0. The van der Waals surface area contributed by atoms with Crippen molar-refractivity contribution in [1.82, 2.24) is 4.57 Å². The molecule has 0 radical (unpaired) electrons. The molecule has 1 saturated carbocycles. The molecule has 1 N–H and O–H groups in total. The van der Waals surface area contributed by atoms with Gasteiger partial charge in [0.2, 0.25) is 0 Å². The number of hydrogen-bond acceptors (Lipinski definition) is 2. The zero-order chi connectivity index (χ0) is 10.9. The van der Waals surface area contributed by atoms with Crippen molar-refractivity contribution in [3.63, 3.8) is 0 Å². The number of carboxylic acids is 1. The van der Waals surface area contributed by atoms with Gasteiger partial charge in [0, 0.05) is 24.6 Å². The zero-order valence-electron chi connectivity index (χ0n) is 8.31. The van der Waals surface area contributed by atoms with Crippen LogP contribution in [0, 0.1) is 16.7 Å². The van der Waals surface area contributed by atoms with Gasteiger partial charge in [-0.15, -0.1) is 0 Å². The molecule has 0 amide bonds. The summed E-state index contributed by atoms with van der Waals surface area (Å²) in [5, 5.41) is 17.6. The molecule has 0 spiro atoms. The van der Waals surface area contributed by atoms with Gasteiger partial charge >= 0.3 is 5.97 Å². The molecular formula is C11H12N2O2. The second-order valence-electron chi connectivity index (χ2n) is 4.16. The highest BCUT2D eigenvalue weighted by Crippen LogP contribution is 2.50. The standard InChI is InChI=1S/C11H12N2O2/c12-6-5-11(3-4-11)8-13-7-1-2-9(13)10(14)15/h1-2,7H,3-5,8H2,(H,14,15). The van der Waals surface area contributed by atoms with Crippen LogP contribution in [0.25, 0.3) is 0 Å². The van der Waals surface area contributed by atoms with Crippen molar-refractivity contribution in [2.45, 2.75) is 25.8 Å². The van der Waals surface area contributed by atoms with Crippen LogP contribution < -0.4 is 0 Å². The molecule has 4 nitrogen and oxygen atoms in total. The third-order valence-corrected chi connectivity index (χ3v) is 2.97. The Morgan fingerprint density at radius 3 is 2.93 bits per heavy atom. The predicted octanol–water partition coefficient (Wildman–Crippen LogP) is 1.88. The highest BCUT2D eigenvalue weighted by atomic mass is 16.4. The molecule has 0 aromatic carbocycles. The first-order chi connectivity index (χ1) is 7.17. The van der Waals surface area contributed by atoms with Crippen molar-refractivity contribution in [1.29, 1.82) is 5.26 Å². The number of nitriles is 1. The summed E-state index contributed by atoms with van der Waals surface area (Å²) in [6.45, 7) is 0.648. The molecule has 78 valence electrons. The van der Waals surface area contributed by atoms with Crippen LogP contribution >= 0.6 is 0 Å². The number of carbonyl (C=O) groups is 1. The highest BCUT2D eigenvalue weighted by Gasteiger charge is 2.43. The number of carboxylic acid groups (broad SMARTS) is 1. The SMILES string of the molecule is N#CCC1(Cn2cccc2C(=O)O)CC1. The Morgan fingerprint density at radius 1 is 1.67 bits per heavy atom. The van der Waals surface area contributed by atoms with E-state index in [0.717, 1.165) is 12.8 Å². The van der Waals surface area contributed by atoms with Crippen molar-refractivity contribution in [2.75, 3.05) is 0 Å². The van der Waals surface area contributed by atoms with E-state index in [1.807, 2.05) is 0 Å². The van der Waals surface area contributed by atoms with Gasteiger partial charge in [-0.05, 0) is 25.0 Å². The Hall–Kier alpha value is -1.76. The molecular weight excluding hydrogens is 192 g/mol. The molecule has 1 aromatic heterocycles. The molecule has 0 bridgehead atoms. The maximum Gasteiger partial charge on any atom is 0.352 e. The predicted molar refractivity (Wildman–Crippen MR) is 53.3 cm³/mol. The maximum absolute atomic E-state index is 10.9. The first kappa shape index (κ1) is 9.78. The minimum Gasteiger partial charge on any atom is -0.477 e. The Morgan fingerprint density at radius 2 is 2.40 bits per heavy atom. The van der Waals surface area contributed by atoms with E-state index >= 15 is 0 Å². The first-order valence-electron chi connectivity index (χ1n) is 4.92. The fourth-order valence-electron chi connectivity index (χ4n) is 1.84. The van der Waals surface area contributed by atoms with Gasteiger partial charge in [-0.3, -0.25) is 0 Å². The van der Waals surface area contributed by atoms with Crippen LogP contribution in [0.5, 0.6) is 0 Å². The summed E-state index contributed by atoms with van der Waals surface area (Å²) < 4.78 is 1.73.